The van der Waals surface area contributed by atoms with Crippen LogP contribution in [0, 0.1) is 0 Å². The van der Waals surface area contributed by atoms with Crippen LogP contribution in [-0.2, 0) is 11.3 Å². The second kappa shape index (κ2) is 12.4. The summed E-state index contributed by atoms with van der Waals surface area (Å²) in [6, 6.07) is 3.77. The molecule has 0 spiro atoms. The first-order valence-corrected chi connectivity index (χ1v) is 6.87. The van der Waals surface area contributed by atoms with E-state index in [0.29, 0.717) is 38.1 Å². The molecule has 1 aromatic heterocycles. The summed E-state index contributed by atoms with van der Waals surface area (Å²) in [7, 11) is 5.65. The number of nitrogens with zero attached hydrogens (tertiary/aromatic N) is 3. The highest BCUT2D eigenvalue weighted by Crippen LogP contribution is 2.10. The van der Waals surface area contributed by atoms with E-state index >= 15 is 0 Å². The van der Waals surface area contributed by atoms with E-state index in [4.69, 9.17) is 15.2 Å². The molecule has 0 aliphatic rings. The number of nitrogens with one attached hydrogen (secondary N) is 1. The van der Waals surface area contributed by atoms with Gasteiger partial charge in [0, 0.05) is 32.5 Å². The summed E-state index contributed by atoms with van der Waals surface area (Å²) in [5, 5.41) is 2.97. The summed E-state index contributed by atoms with van der Waals surface area (Å²) < 4.78 is 10.5. The minimum Gasteiger partial charge on any atom is -0.476 e. The van der Waals surface area contributed by atoms with Gasteiger partial charge in [-0.2, -0.15) is 0 Å². The molecule has 0 saturated heterocycles. The largest absolute Gasteiger partial charge is 0.476 e. The normalized spacial score (nSPS) is 11.2. The Morgan fingerprint density at radius 1 is 1.41 bits per heavy atom. The summed E-state index contributed by atoms with van der Waals surface area (Å²) >= 11 is 0. The molecule has 0 aliphatic heterocycles. The van der Waals surface area contributed by atoms with Crippen molar-refractivity contribution in [3.8, 4) is 5.88 Å². The van der Waals surface area contributed by atoms with E-state index in [0.717, 1.165) is 12.1 Å². The minimum atomic E-state index is 0. The molecule has 0 aromatic carbocycles. The van der Waals surface area contributed by atoms with Gasteiger partial charge in [-0.1, -0.05) is 0 Å². The lowest BCUT2D eigenvalue weighted by Crippen LogP contribution is -2.34. The first kappa shape index (κ1) is 20.9. The van der Waals surface area contributed by atoms with Crippen molar-refractivity contribution in [2.24, 2.45) is 10.7 Å². The van der Waals surface area contributed by atoms with Gasteiger partial charge in [0.15, 0.2) is 5.96 Å². The molecule has 126 valence electrons. The average molecular weight is 423 g/mol. The highest BCUT2D eigenvalue weighted by Gasteiger charge is 1.99. The number of pyridine rings is 1. The third kappa shape index (κ3) is 9.74. The number of rotatable bonds is 9. The maximum atomic E-state index is 5.74. The molecule has 0 radical (unpaired) electrons. The second-order valence-electron chi connectivity index (χ2n) is 4.78. The zero-order valence-corrected chi connectivity index (χ0v) is 15.7. The van der Waals surface area contributed by atoms with Gasteiger partial charge in [0.05, 0.1) is 13.2 Å². The predicted octanol–water partition coefficient (Wildman–Crippen LogP) is 0.691. The van der Waals surface area contributed by atoms with Crippen LogP contribution in [0.5, 0.6) is 5.88 Å². The first-order chi connectivity index (χ1) is 10.1. The fourth-order valence-electron chi connectivity index (χ4n) is 1.47. The van der Waals surface area contributed by atoms with Crippen LogP contribution >= 0.6 is 24.0 Å². The predicted molar refractivity (Wildman–Crippen MR) is 98.9 cm³/mol. The van der Waals surface area contributed by atoms with Gasteiger partial charge in [0.1, 0.15) is 6.61 Å². The quantitative estimate of drug-likeness (QED) is 0.263. The smallest absolute Gasteiger partial charge is 0.213 e. The highest BCUT2D eigenvalue weighted by atomic mass is 127. The molecular weight excluding hydrogens is 397 g/mol. The van der Waals surface area contributed by atoms with Crippen LogP contribution in [0.4, 0.5) is 0 Å². The molecule has 0 aliphatic carbocycles. The van der Waals surface area contributed by atoms with E-state index in [9.17, 15) is 0 Å². The number of guanidine groups is 1. The lowest BCUT2D eigenvalue weighted by molar-refractivity contribution is 0.204. The molecule has 22 heavy (non-hydrogen) atoms. The first-order valence-electron chi connectivity index (χ1n) is 6.87. The lowest BCUT2D eigenvalue weighted by atomic mass is 10.3. The molecule has 7 nitrogen and oxygen atoms in total. The monoisotopic (exact) mass is 423 g/mol. The number of aliphatic imine (C=N–C) groups is 1. The molecular formula is C14H26IN5O2. The van der Waals surface area contributed by atoms with E-state index in [-0.39, 0.29) is 24.0 Å². The Balaban J connectivity index is 0.00000441. The Hall–Kier alpha value is -1.13. The van der Waals surface area contributed by atoms with Crippen LogP contribution < -0.4 is 15.8 Å². The van der Waals surface area contributed by atoms with Crippen molar-refractivity contribution in [2.75, 3.05) is 47.5 Å². The molecule has 1 rings (SSSR count). The maximum absolute atomic E-state index is 5.74. The molecule has 0 amide bonds. The van der Waals surface area contributed by atoms with Crippen molar-refractivity contribution in [1.82, 2.24) is 15.2 Å². The Labute approximate surface area is 149 Å². The van der Waals surface area contributed by atoms with E-state index in [1.54, 1.807) is 13.3 Å². The fourth-order valence-corrected chi connectivity index (χ4v) is 1.47. The molecule has 0 fully saturated rings. The number of ether oxygens (including phenoxy) is 2. The molecule has 0 unspecified atom stereocenters. The molecule has 3 N–H and O–H groups in total. The van der Waals surface area contributed by atoms with Gasteiger partial charge in [-0.15, -0.1) is 24.0 Å². The topological polar surface area (TPSA) is 85.0 Å². The lowest BCUT2D eigenvalue weighted by Gasteiger charge is -2.10. The number of hydrogen-bond donors (Lipinski definition) is 2. The SMILES string of the molecule is COCCNC(N)=NCc1ccnc(OCCN(C)C)c1.I. The Kier molecular flexibility index (Phi) is 11.8. The average Bonchev–Trinajstić information content (AvgIpc) is 2.45. The van der Waals surface area contributed by atoms with Gasteiger partial charge in [0.2, 0.25) is 5.88 Å². The third-order valence-electron chi connectivity index (χ3n) is 2.63. The fraction of sp³-hybridized carbons (Fsp3) is 0.571. The van der Waals surface area contributed by atoms with Crippen molar-refractivity contribution in [2.45, 2.75) is 6.54 Å². The molecule has 0 atom stereocenters. The third-order valence-corrected chi connectivity index (χ3v) is 2.63. The summed E-state index contributed by atoms with van der Waals surface area (Å²) in [5.74, 6) is 1.01. The highest BCUT2D eigenvalue weighted by molar-refractivity contribution is 14.0. The molecule has 0 saturated carbocycles. The standard InChI is InChI=1S/C14H25N5O2.HI/c1-19(2)7-9-21-13-10-12(4-5-16-13)11-18-14(15)17-6-8-20-3;/h4-5,10H,6-9,11H2,1-3H3,(H3,15,17,18);1H. The Bertz CT molecular complexity index is 443. The Morgan fingerprint density at radius 2 is 2.18 bits per heavy atom. The number of methoxy groups -OCH3 is 1. The maximum Gasteiger partial charge on any atom is 0.213 e. The second-order valence-corrected chi connectivity index (χ2v) is 4.78. The van der Waals surface area contributed by atoms with Gasteiger partial charge in [-0.25, -0.2) is 9.98 Å². The summed E-state index contributed by atoms with van der Waals surface area (Å²) in [4.78, 5) is 10.5. The van der Waals surface area contributed by atoms with Crippen LogP contribution in [0.1, 0.15) is 5.56 Å². The van der Waals surface area contributed by atoms with Gasteiger partial charge in [-0.3, -0.25) is 0 Å². The van der Waals surface area contributed by atoms with E-state index in [2.05, 4.69) is 20.2 Å². The van der Waals surface area contributed by atoms with E-state index in [1.807, 2.05) is 26.2 Å². The van der Waals surface area contributed by atoms with Gasteiger partial charge >= 0.3 is 0 Å². The number of halogens is 1. The molecule has 0 bridgehead atoms. The summed E-state index contributed by atoms with van der Waals surface area (Å²) in [6.45, 7) is 3.17. The number of likely N-dealkylation sites (N-methyl/N-ethyl adjacent to an activating group) is 1. The van der Waals surface area contributed by atoms with Crippen molar-refractivity contribution >= 4 is 29.9 Å². The van der Waals surface area contributed by atoms with Crippen LogP contribution in [0.3, 0.4) is 0 Å². The number of nitrogens with two attached hydrogens (primary N) is 1. The molecule has 1 aromatic rings. The summed E-state index contributed by atoms with van der Waals surface area (Å²) in [6.07, 6.45) is 1.71. The minimum absolute atomic E-state index is 0. The number of hydrogen-bond acceptors (Lipinski definition) is 5. The number of aromatic nitrogens is 1. The van der Waals surface area contributed by atoms with Crippen LogP contribution in [0.25, 0.3) is 0 Å². The van der Waals surface area contributed by atoms with Crippen molar-refractivity contribution in [1.29, 1.82) is 0 Å². The molecule has 8 heteroatoms. The molecule has 1 heterocycles. The Morgan fingerprint density at radius 3 is 2.86 bits per heavy atom. The zero-order valence-electron chi connectivity index (χ0n) is 13.4. The van der Waals surface area contributed by atoms with Crippen LogP contribution in [0.2, 0.25) is 0 Å². The van der Waals surface area contributed by atoms with Crippen molar-refractivity contribution in [3.05, 3.63) is 23.9 Å². The van der Waals surface area contributed by atoms with Gasteiger partial charge in [-0.05, 0) is 25.7 Å². The van der Waals surface area contributed by atoms with Crippen LogP contribution in [0.15, 0.2) is 23.3 Å². The van der Waals surface area contributed by atoms with Crippen molar-refractivity contribution in [3.63, 3.8) is 0 Å². The van der Waals surface area contributed by atoms with Gasteiger partial charge < -0.3 is 25.4 Å². The van der Waals surface area contributed by atoms with Gasteiger partial charge in [0.25, 0.3) is 0 Å². The van der Waals surface area contributed by atoms with E-state index < -0.39 is 0 Å². The van der Waals surface area contributed by atoms with Crippen molar-refractivity contribution < 1.29 is 9.47 Å². The zero-order chi connectivity index (χ0) is 15.5. The summed E-state index contributed by atoms with van der Waals surface area (Å²) in [5.41, 5.74) is 6.75. The van der Waals surface area contributed by atoms with Crippen LogP contribution in [-0.4, -0.2) is 63.4 Å². The van der Waals surface area contributed by atoms with E-state index in [1.165, 1.54) is 0 Å².